The molecule has 0 spiro atoms. The van der Waals surface area contributed by atoms with Gasteiger partial charge in [-0.15, -0.1) is 0 Å². The summed E-state index contributed by atoms with van der Waals surface area (Å²) in [5.74, 6) is 1.02. The lowest BCUT2D eigenvalue weighted by molar-refractivity contribution is 0.265. The van der Waals surface area contributed by atoms with Crippen molar-refractivity contribution in [2.75, 3.05) is 6.61 Å². The van der Waals surface area contributed by atoms with Crippen molar-refractivity contribution >= 4 is 0 Å². The van der Waals surface area contributed by atoms with Gasteiger partial charge in [-0.25, -0.2) is 0 Å². The smallest absolute Gasteiger partial charge is 0.118 e. The Morgan fingerprint density at radius 2 is 2.08 bits per heavy atom. The van der Waals surface area contributed by atoms with Crippen molar-refractivity contribution in [1.82, 2.24) is 0 Å². The van der Waals surface area contributed by atoms with E-state index in [9.17, 15) is 0 Å². The van der Waals surface area contributed by atoms with Crippen molar-refractivity contribution in [3.8, 4) is 0 Å². The maximum absolute atomic E-state index is 5.37. The lowest BCUT2D eigenvalue weighted by Crippen LogP contribution is -1.80. The topological polar surface area (TPSA) is 9.23 Å². The molecular weight excluding hydrogens is 160 g/mol. The van der Waals surface area contributed by atoms with E-state index >= 15 is 0 Å². The predicted molar refractivity (Wildman–Crippen MR) is 58.6 cm³/mol. The van der Waals surface area contributed by atoms with Crippen LogP contribution in [0.2, 0.25) is 0 Å². The Kier molecular flexibility index (Phi) is 6.03. The van der Waals surface area contributed by atoms with Gasteiger partial charge in [0.2, 0.25) is 0 Å². The molecule has 0 unspecified atom stereocenters. The molecule has 1 heteroatoms. The van der Waals surface area contributed by atoms with E-state index < -0.39 is 0 Å². The maximum atomic E-state index is 5.37. The Morgan fingerprint density at radius 1 is 1.46 bits per heavy atom. The van der Waals surface area contributed by atoms with Crippen molar-refractivity contribution in [3.63, 3.8) is 0 Å². The minimum atomic E-state index is 0.818. The number of rotatable bonds is 1. The molecule has 0 aliphatic carbocycles. The van der Waals surface area contributed by atoms with Crippen LogP contribution in [0.5, 0.6) is 0 Å². The number of hydrogen-bond acceptors (Lipinski definition) is 1. The van der Waals surface area contributed by atoms with Gasteiger partial charge < -0.3 is 4.74 Å². The molecule has 1 fully saturated rings. The molecule has 0 amide bonds. The van der Waals surface area contributed by atoms with Crippen molar-refractivity contribution in [2.24, 2.45) is 0 Å². The summed E-state index contributed by atoms with van der Waals surface area (Å²) >= 11 is 0. The Balaban J connectivity index is 0.000000671. The summed E-state index contributed by atoms with van der Waals surface area (Å²) < 4.78 is 5.37. The molecule has 1 rings (SSSR count). The Bertz CT molecular complexity index is 221. The van der Waals surface area contributed by atoms with E-state index in [1.807, 2.05) is 33.8 Å². The average Bonchev–Trinajstić information content (AvgIpc) is 2.54. The highest BCUT2D eigenvalue weighted by molar-refractivity contribution is 5.34. The van der Waals surface area contributed by atoms with Crippen LogP contribution in [0.3, 0.4) is 0 Å². The molecule has 1 heterocycles. The van der Waals surface area contributed by atoms with Crippen LogP contribution in [-0.2, 0) is 4.74 Å². The third-order valence-electron chi connectivity index (χ3n) is 1.63. The van der Waals surface area contributed by atoms with E-state index in [4.69, 9.17) is 4.74 Å². The van der Waals surface area contributed by atoms with Crippen LogP contribution in [0.1, 0.15) is 34.1 Å². The van der Waals surface area contributed by atoms with Crippen LogP contribution >= 0.6 is 0 Å². The first-order valence-corrected chi connectivity index (χ1v) is 4.89. The Labute approximate surface area is 81.8 Å². The molecule has 0 radical (unpaired) electrons. The molecule has 0 aromatic rings. The Hall–Kier alpha value is -0.980. The normalized spacial score (nSPS) is 20.9. The van der Waals surface area contributed by atoms with Gasteiger partial charge >= 0.3 is 0 Å². The third-order valence-corrected chi connectivity index (χ3v) is 1.63. The summed E-state index contributed by atoms with van der Waals surface area (Å²) in [4.78, 5) is 0. The van der Waals surface area contributed by atoms with E-state index in [-0.39, 0.29) is 0 Å². The summed E-state index contributed by atoms with van der Waals surface area (Å²) in [7, 11) is 0. The maximum Gasteiger partial charge on any atom is 0.118 e. The fourth-order valence-corrected chi connectivity index (χ4v) is 1.20. The molecule has 13 heavy (non-hydrogen) atoms. The molecule has 0 bridgehead atoms. The molecule has 1 saturated heterocycles. The summed E-state index contributed by atoms with van der Waals surface area (Å²) in [6.07, 6.45) is 5.11. The van der Waals surface area contributed by atoms with Crippen LogP contribution in [-0.4, -0.2) is 6.61 Å². The fraction of sp³-hybridized carbons (Fsp3) is 0.500. The zero-order chi connectivity index (χ0) is 10.3. The summed E-state index contributed by atoms with van der Waals surface area (Å²) in [6.45, 7) is 12.6. The van der Waals surface area contributed by atoms with Crippen molar-refractivity contribution in [1.29, 1.82) is 0 Å². The molecule has 0 saturated carbocycles. The molecule has 0 aromatic carbocycles. The second-order valence-corrected chi connectivity index (χ2v) is 2.77. The predicted octanol–water partition coefficient (Wildman–Crippen LogP) is 3.84. The highest BCUT2D eigenvalue weighted by Gasteiger charge is 2.12. The fourth-order valence-electron chi connectivity index (χ4n) is 1.20. The Morgan fingerprint density at radius 3 is 2.54 bits per heavy atom. The van der Waals surface area contributed by atoms with Gasteiger partial charge in [-0.1, -0.05) is 32.1 Å². The van der Waals surface area contributed by atoms with Gasteiger partial charge in [0, 0.05) is 6.42 Å². The largest absolute Gasteiger partial charge is 0.493 e. The quantitative estimate of drug-likeness (QED) is 0.595. The second kappa shape index (κ2) is 6.53. The molecule has 1 aliphatic rings. The van der Waals surface area contributed by atoms with E-state index in [1.165, 1.54) is 5.57 Å². The lowest BCUT2D eigenvalue weighted by atomic mass is 10.1. The van der Waals surface area contributed by atoms with E-state index in [1.54, 1.807) is 0 Å². The van der Waals surface area contributed by atoms with Gasteiger partial charge in [-0.3, -0.25) is 0 Å². The number of hydrogen-bond donors (Lipinski definition) is 0. The minimum absolute atomic E-state index is 0.818. The van der Waals surface area contributed by atoms with E-state index in [0.717, 1.165) is 24.4 Å². The van der Waals surface area contributed by atoms with E-state index in [0.29, 0.717) is 0 Å². The van der Waals surface area contributed by atoms with Crippen LogP contribution in [0.15, 0.2) is 35.6 Å². The first kappa shape index (κ1) is 12.0. The molecule has 0 aromatic heterocycles. The molecule has 0 atom stereocenters. The molecule has 74 valence electrons. The molecule has 1 nitrogen and oxygen atoms in total. The van der Waals surface area contributed by atoms with Crippen molar-refractivity contribution in [2.45, 2.75) is 34.1 Å². The number of allylic oxidation sites excluding steroid dienone is 4. The van der Waals surface area contributed by atoms with E-state index in [2.05, 4.69) is 12.7 Å². The molecule has 1 aliphatic heterocycles. The van der Waals surface area contributed by atoms with Gasteiger partial charge in [-0.2, -0.15) is 0 Å². The molecule has 0 N–H and O–H groups in total. The lowest BCUT2D eigenvalue weighted by Gasteiger charge is -1.97. The van der Waals surface area contributed by atoms with Crippen molar-refractivity contribution < 1.29 is 4.74 Å². The zero-order valence-corrected chi connectivity index (χ0v) is 9.18. The van der Waals surface area contributed by atoms with Crippen LogP contribution < -0.4 is 0 Å². The van der Waals surface area contributed by atoms with Crippen LogP contribution in [0.4, 0.5) is 0 Å². The summed E-state index contributed by atoms with van der Waals surface area (Å²) in [5.41, 5.74) is 2.37. The van der Waals surface area contributed by atoms with Gasteiger partial charge in [0.1, 0.15) is 5.76 Å². The summed E-state index contributed by atoms with van der Waals surface area (Å²) in [5, 5.41) is 0. The second-order valence-electron chi connectivity index (χ2n) is 2.77. The van der Waals surface area contributed by atoms with Gasteiger partial charge in [-0.05, 0) is 25.5 Å². The SMILES string of the molecule is C=C(C)/C=C1/CCO/C1=C/C.CC. The number of ether oxygens (including phenoxy) is 1. The average molecular weight is 180 g/mol. The van der Waals surface area contributed by atoms with Crippen molar-refractivity contribution in [3.05, 3.63) is 35.6 Å². The zero-order valence-electron chi connectivity index (χ0n) is 9.18. The van der Waals surface area contributed by atoms with Crippen LogP contribution in [0.25, 0.3) is 0 Å². The summed E-state index contributed by atoms with van der Waals surface area (Å²) in [6, 6.07) is 0. The highest BCUT2D eigenvalue weighted by Crippen LogP contribution is 2.24. The van der Waals surface area contributed by atoms with Crippen LogP contribution in [0, 0.1) is 0 Å². The van der Waals surface area contributed by atoms with Gasteiger partial charge in [0.05, 0.1) is 6.61 Å². The minimum Gasteiger partial charge on any atom is -0.493 e. The first-order valence-electron chi connectivity index (χ1n) is 4.89. The van der Waals surface area contributed by atoms with Gasteiger partial charge in [0.25, 0.3) is 0 Å². The first-order chi connectivity index (χ1) is 6.24. The monoisotopic (exact) mass is 180 g/mol. The standard InChI is InChI=1S/C10H14O.C2H6/c1-4-10-9(5-6-11-10)7-8(2)3;1-2/h4,7H,2,5-6H2,1,3H3;1-2H3/b9-7-,10-4+;. The highest BCUT2D eigenvalue weighted by atomic mass is 16.5. The third kappa shape index (κ3) is 3.97. The van der Waals surface area contributed by atoms with Gasteiger partial charge in [0.15, 0.2) is 0 Å². The molecular formula is C12H20O.